The molecule has 0 saturated carbocycles. The number of thiophene rings is 1. The zero-order valence-electron chi connectivity index (χ0n) is 8.71. The molecule has 1 heterocycles. The van der Waals surface area contributed by atoms with Gasteiger partial charge < -0.3 is 5.32 Å². The number of halogens is 2. The zero-order valence-corrected chi connectivity index (χ0v) is 11.9. The Morgan fingerprint density at radius 3 is 2.88 bits per heavy atom. The first-order chi connectivity index (χ1) is 8.19. The molecule has 1 N–H and O–H groups in total. The predicted molar refractivity (Wildman–Crippen MR) is 75.5 cm³/mol. The number of nitrogens with one attached hydrogen (secondary N) is 1. The molecule has 0 aliphatic carbocycles. The molecule has 0 saturated heterocycles. The number of nitrogens with zero attached hydrogens (tertiary/aromatic N) is 1. The summed E-state index contributed by atoms with van der Waals surface area (Å²) in [5.74, 6) is 0. The molecular weight excluding hydrogens is 320 g/mol. The highest BCUT2D eigenvalue weighted by molar-refractivity contribution is 9.11. The van der Waals surface area contributed by atoms with Gasteiger partial charge in [0.15, 0.2) is 0 Å². The fourth-order valence-corrected chi connectivity index (χ4v) is 2.73. The quantitative estimate of drug-likeness (QED) is 0.891. The van der Waals surface area contributed by atoms with Crippen molar-refractivity contribution >= 4 is 44.6 Å². The number of hydrogen-bond donors (Lipinski definition) is 1. The molecule has 0 atom stereocenters. The first-order valence-electron chi connectivity index (χ1n) is 4.85. The lowest BCUT2D eigenvalue weighted by molar-refractivity contribution is 1.16. The summed E-state index contributed by atoms with van der Waals surface area (Å²) in [5.41, 5.74) is 2.59. The average Bonchev–Trinajstić information content (AvgIpc) is 2.74. The van der Waals surface area contributed by atoms with E-state index < -0.39 is 0 Å². The van der Waals surface area contributed by atoms with Crippen LogP contribution in [0.1, 0.15) is 11.1 Å². The highest BCUT2D eigenvalue weighted by Gasteiger charge is 2.02. The molecule has 0 spiro atoms. The van der Waals surface area contributed by atoms with E-state index in [2.05, 4.69) is 38.8 Å². The van der Waals surface area contributed by atoms with Crippen LogP contribution < -0.4 is 5.32 Å². The van der Waals surface area contributed by atoms with Crippen LogP contribution in [0.4, 0.5) is 5.69 Å². The Bertz CT molecular complexity index is 574. The van der Waals surface area contributed by atoms with E-state index in [4.69, 9.17) is 16.9 Å². The Labute approximate surface area is 117 Å². The normalized spacial score (nSPS) is 9.94. The summed E-state index contributed by atoms with van der Waals surface area (Å²) >= 11 is 10.9. The molecule has 0 bridgehead atoms. The number of anilines is 1. The van der Waals surface area contributed by atoms with Gasteiger partial charge in [-0.3, -0.25) is 0 Å². The summed E-state index contributed by atoms with van der Waals surface area (Å²) in [6.07, 6.45) is 0. The SMILES string of the molecule is N#Cc1cc(NCc2csc(Br)c2)ccc1Cl. The first kappa shape index (κ1) is 12.4. The van der Waals surface area contributed by atoms with E-state index >= 15 is 0 Å². The van der Waals surface area contributed by atoms with Gasteiger partial charge in [-0.25, -0.2) is 0 Å². The average molecular weight is 328 g/mol. The van der Waals surface area contributed by atoms with Crippen LogP contribution in [-0.4, -0.2) is 0 Å². The number of hydrogen-bond acceptors (Lipinski definition) is 3. The maximum Gasteiger partial charge on any atom is 0.101 e. The molecule has 2 aromatic rings. The number of nitriles is 1. The maximum absolute atomic E-state index is 8.86. The Morgan fingerprint density at radius 1 is 1.41 bits per heavy atom. The topological polar surface area (TPSA) is 35.8 Å². The van der Waals surface area contributed by atoms with Crippen molar-refractivity contribution in [3.8, 4) is 6.07 Å². The molecule has 0 radical (unpaired) electrons. The minimum absolute atomic E-state index is 0.483. The highest BCUT2D eigenvalue weighted by Crippen LogP contribution is 2.23. The molecule has 17 heavy (non-hydrogen) atoms. The Balaban J connectivity index is 2.07. The maximum atomic E-state index is 8.86. The van der Waals surface area contributed by atoms with Crippen molar-refractivity contribution in [3.63, 3.8) is 0 Å². The van der Waals surface area contributed by atoms with Crippen molar-refractivity contribution in [1.29, 1.82) is 5.26 Å². The minimum Gasteiger partial charge on any atom is -0.381 e. The molecule has 2 rings (SSSR count). The Morgan fingerprint density at radius 2 is 2.24 bits per heavy atom. The van der Waals surface area contributed by atoms with E-state index in [0.717, 1.165) is 16.0 Å². The van der Waals surface area contributed by atoms with Crippen LogP contribution in [-0.2, 0) is 6.54 Å². The van der Waals surface area contributed by atoms with Crippen LogP contribution in [0, 0.1) is 11.3 Å². The highest BCUT2D eigenvalue weighted by atomic mass is 79.9. The summed E-state index contributed by atoms with van der Waals surface area (Å²) < 4.78 is 1.11. The van der Waals surface area contributed by atoms with Crippen LogP contribution >= 0.6 is 38.9 Å². The molecule has 1 aromatic heterocycles. The monoisotopic (exact) mass is 326 g/mol. The van der Waals surface area contributed by atoms with Crippen LogP contribution in [0.3, 0.4) is 0 Å². The molecule has 2 nitrogen and oxygen atoms in total. The fourth-order valence-electron chi connectivity index (χ4n) is 1.36. The van der Waals surface area contributed by atoms with Crippen LogP contribution in [0.15, 0.2) is 33.4 Å². The molecule has 86 valence electrons. The molecule has 0 unspecified atom stereocenters. The summed E-state index contributed by atoms with van der Waals surface area (Å²) in [6.45, 7) is 0.731. The van der Waals surface area contributed by atoms with E-state index in [0.29, 0.717) is 10.6 Å². The van der Waals surface area contributed by atoms with Gasteiger partial charge in [-0.15, -0.1) is 11.3 Å². The lowest BCUT2D eigenvalue weighted by atomic mass is 10.2. The smallest absolute Gasteiger partial charge is 0.101 e. The molecule has 5 heteroatoms. The summed E-state index contributed by atoms with van der Waals surface area (Å²) in [6, 6.07) is 9.48. The first-order valence-corrected chi connectivity index (χ1v) is 6.90. The molecular formula is C12H8BrClN2S. The zero-order chi connectivity index (χ0) is 12.3. The van der Waals surface area contributed by atoms with E-state index in [-0.39, 0.29) is 0 Å². The number of benzene rings is 1. The second-order valence-electron chi connectivity index (χ2n) is 3.42. The van der Waals surface area contributed by atoms with Gasteiger partial charge in [0, 0.05) is 12.2 Å². The standard InChI is InChI=1S/C12H8BrClN2S/c13-12-3-8(7-17-12)6-16-10-1-2-11(14)9(4-10)5-15/h1-4,7,16H,6H2. The molecule has 0 fully saturated rings. The van der Waals surface area contributed by atoms with Crippen molar-refractivity contribution in [1.82, 2.24) is 0 Å². The van der Waals surface area contributed by atoms with Gasteiger partial charge >= 0.3 is 0 Å². The van der Waals surface area contributed by atoms with Crippen molar-refractivity contribution in [2.24, 2.45) is 0 Å². The molecule has 0 aliphatic heterocycles. The van der Waals surface area contributed by atoms with Gasteiger partial charge in [-0.1, -0.05) is 11.6 Å². The third-order valence-electron chi connectivity index (χ3n) is 2.21. The van der Waals surface area contributed by atoms with Crippen LogP contribution in [0.25, 0.3) is 0 Å². The second-order valence-corrected chi connectivity index (χ2v) is 6.12. The second kappa shape index (κ2) is 5.54. The lowest BCUT2D eigenvalue weighted by Gasteiger charge is -2.05. The third kappa shape index (κ3) is 3.22. The van der Waals surface area contributed by atoms with Gasteiger partial charge in [-0.05, 0) is 51.1 Å². The Kier molecular flexibility index (Phi) is 4.06. The summed E-state index contributed by atoms with van der Waals surface area (Å²) in [4.78, 5) is 0. The molecule has 0 amide bonds. The van der Waals surface area contributed by atoms with Crippen molar-refractivity contribution in [2.75, 3.05) is 5.32 Å². The largest absolute Gasteiger partial charge is 0.381 e. The van der Waals surface area contributed by atoms with E-state index in [1.807, 2.05) is 6.07 Å². The lowest BCUT2D eigenvalue weighted by Crippen LogP contribution is -1.98. The van der Waals surface area contributed by atoms with Gasteiger partial charge in [0.25, 0.3) is 0 Å². The van der Waals surface area contributed by atoms with Gasteiger partial charge in [0.1, 0.15) is 6.07 Å². The molecule has 0 aliphatic rings. The van der Waals surface area contributed by atoms with E-state index in [1.165, 1.54) is 5.56 Å². The predicted octanol–water partition coefficient (Wildman–Crippen LogP) is 4.65. The van der Waals surface area contributed by atoms with Gasteiger partial charge in [0.2, 0.25) is 0 Å². The minimum atomic E-state index is 0.483. The summed E-state index contributed by atoms with van der Waals surface area (Å²) in [7, 11) is 0. The molecule has 1 aromatic carbocycles. The number of rotatable bonds is 3. The van der Waals surface area contributed by atoms with Gasteiger partial charge in [0.05, 0.1) is 14.4 Å². The van der Waals surface area contributed by atoms with E-state index in [1.54, 1.807) is 23.5 Å². The Hall–Kier alpha value is -1.02. The fraction of sp³-hybridized carbons (Fsp3) is 0.0833. The van der Waals surface area contributed by atoms with Crippen LogP contribution in [0.2, 0.25) is 5.02 Å². The van der Waals surface area contributed by atoms with Crippen LogP contribution in [0.5, 0.6) is 0 Å². The van der Waals surface area contributed by atoms with E-state index in [9.17, 15) is 0 Å². The van der Waals surface area contributed by atoms with Gasteiger partial charge in [-0.2, -0.15) is 5.26 Å². The third-order valence-corrected chi connectivity index (χ3v) is 4.09. The van der Waals surface area contributed by atoms with Crippen molar-refractivity contribution in [3.05, 3.63) is 49.6 Å². The summed E-state index contributed by atoms with van der Waals surface area (Å²) in [5, 5.41) is 14.7. The van der Waals surface area contributed by atoms with Crippen molar-refractivity contribution < 1.29 is 0 Å². The van der Waals surface area contributed by atoms with Crippen molar-refractivity contribution in [2.45, 2.75) is 6.54 Å².